The van der Waals surface area contributed by atoms with Crippen LogP contribution in [0.3, 0.4) is 0 Å². The van der Waals surface area contributed by atoms with Crippen molar-refractivity contribution >= 4 is 5.97 Å². The highest BCUT2D eigenvalue weighted by Crippen LogP contribution is 2.22. The van der Waals surface area contributed by atoms with Gasteiger partial charge in [-0.15, -0.1) is 0 Å². The average molecular weight is 793 g/mol. The normalized spacial score (nSPS) is 21.0. The lowest BCUT2D eigenvalue weighted by Crippen LogP contribution is -2.59. The van der Waals surface area contributed by atoms with Crippen LogP contribution in [0.5, 0.6) is 0 Å². The second kappa shape index (κ2) is 38.7. The maximum absolute atomic E-state index is 12.7. The van der Waals surface area contributed by atoms with Gasteiger partial charge in [-0.1, -0.05) is 172 Å². The smallest absolute Gasteiger partial charge is 0.306 e. The Bertz CT molecular complexity index is 994. The van der Waals surface area contributed by atoms with Crippen molar-refractivity contribution in [1.29, 1.82) is 0 Å². The minimum absolute atomic E-state index is 0.113. The summed E-state index contributed by atoms with van der Waals surface area (Å²) in [5, 5.41) is 40.0. The summed E-state index contributed by atoms with van der Waals surface area (Å²) < 4.78 is 22.7. The summed E-state index contributed by atoms with van der Waals surface area (Å²) in [4.78, 5) is 12.7. The first-order valence-corrected chi connectivity index (χ1v) is 22.7. The highest BCUT2D eigenvalue weighted by molar-refractivity contribution is 5.69. The third kappa shape index (κ3) is 29.4. The van der Waals surface area contributed by atoms with Gasteiger partial charge in [0.1, 0.15) is 30.5 Å². The predicted octanol–water partition coefficient (Wildman–Crippen LogP) is 10.1. The van der Waals surface area contributed by atoms with E-state index >= 15 is 0 Å². The van der Waals surface area contributed by atoms with Gasteiger partial charge < -0.3 is 39.4 Å². The molecule has 9 nitrogen and oxygen atoms in total. The van der Waals surface area contributed by atoms with Crippen LogP contribution in [0.15, 0.2) is 48.6 Å². The van der Waals surface area contributed by atoms with Gasteiger partial charge in [0, 0.05) is 13.0 Å². The zero-order valence-corrected chi connectivity index (χ0v) is 35.6. The quantitative estimate of drug-likeness (QED) is 0.0274. The van der Waals surface area contributed by atoms with Crippen molar-refractivity contribution in [3.63, 3.8) is 0 Å². The highest BCUT2D eigenvalue weighted by atomic mass is 16.7. The Labute approximate surface area is 342 Å². The Morgan fingerprint density at radius 1 is 0.589 bits per heavy atom. The molecule has 0 saturated carbocycles. The van der Waals surface area contributed by atoms with Crippen LogP contribution < -0.4 is 0 Å². The van der Waals surface area contributed by atoms with E-state index in [9.17, 15) is 25.2 Å². The lowest BCUT2D eigenvalue weighted by Gasteiger charge is -2.39. The number of aliphatic hydroxyl groups excluding tert-OH is 4. The van der Waals surface area contributed by atoms with E-state index in [4.69, 9.17) is 18.9 Å². The summed E-state index contributed by atoms with van der Waals surface area (Å²) in [6.07, 6.45) is 40.1. The van der Waals surface area contributed by atoms with Gasteiger partial charge in [-0.05, 0) is 51.4 Å². The summed E-state index contributed by atoms with van der Waals surface area (Å²) in [5.41, 5.74) is 0. The zero-order valence-electron chi connectivity index (χ0n) is 35.6. The maximum atomic E-state index is 12.7. The summed E-state index contributed by atoms with van der Waals surface area (Å²) in [5.74, 6) is -0.318. The SMILES string of the molecule is CC/C=C\C/C=C\C/C=C\C/C=C\CCCCCCCCCCCCCCC(=O)OC(COCCCCCCCCCC)COC1OC(CO)C(O)C(O)C1O. The number of hydrogen-bond acceptors (Lipinski definition) is 9. The van der Waals surface area contributed by atoms with Gasteiger partial charge in [-0.3, -0.25) is 4.79 Å². The van der Waals surface area contributed by atoms with Crippen molar-refractivity contribution in [1.82, 2.24) is 0 Å². The van der Waals surface area contributed by atoms with Crippen molar-refractivity contribution in [2.75, 3.05) is 26.4 Å². The molecule has 0 aromatic heterocycles. The molecule has 0 aliphatic carbocycles. The van der Waals surface area contributed by atoms with E-state index in [1.54, 1.807) is 0 Å². The largest absolute Gasteiger partial charge is 0.457 e. The van der Waals surface area contributed by atoms with Crippen molar-refractivity contribution in [2.45, 2.75) is 218 Å². The summed E-state index contributed by atoms with van der Waals surface area (Å²) in [6.45, 7) is 4.42. The number of carbonyl (C=O) groups is 1. The Kier molecular flexibility index (Phi) is 36.0. The molecule has 0 radical (unpaired) electrons. The van der Waals surface area contributed by atoms with Gasteiger partial charge in [0.05, 0.1) is 19.8 Å². The molecule has 326 valence electrons. The third-order valence-corrected chi connectivity index (χ3v) is 10.3. The van der Waals surface area contributed by atoms with Crippen LogP contribution in [-0.4, -0.2) is 89.6 Å². The van der Waals surface area contributed by atoms with E-state index in [-0.39, 0.29) is 19.2 Å². The van der Waals surface area contributed by atoms with Crippen LogP contribution in [0, 0.1) is 0 Å². The van der Waals surface area contributed by atoms with Gasteiger partial charge in [-0.25, -0.2) is 0 Å². The summed E-state index contributed by atoms with van der Waals surface area (Å²) in [6, 6.07) is 0. The molecule has 0 aromatic carbocycles. The van der Waals surface area contributed by atoms with Crippen molar-refractivity contribution in [2.24, 2.45) is 0 Å². The minimum atomic E-state index is -1.53. The van der Waals surface area contributed by atoms with E-state index in [2.05, 4.69) is 62.5 Å². The number of esters is 1. The first kappa shape index (κ1) is 52.2. The average Bonchev–Trinajstić information content (AvgIpc) is 3.20. The highest BCUT2D eigenvalue weighted by Gasteiger charge is 2.44. The second-order valence-corrected chi connectivity index (χ2v) is 15.5. The molecule has 1 saturated heterocycles. The molecule has 56 heavy (non-hydrogen) atoms. The third-order valence-electron chi connectivity index (χ3n) is 10.3. The van der Waals surface area contributed by atoms with Crippen molar-refractivity contribution in [3.8, 4) is 0 Å². The molecule has 9 heteroatoms. The van der Waals surface area contributed by atoms with E-state index in [1.165, 1.54) is 103 Å². The van der Waals surface area contributed by atoms with Gasteiger partial charge in [-0.2, -0.15) is 0 Å². The van der Waals surface area contributed by atoms with Crippen LogP contribution in [0.2, 0.25) is 0 Å². The molecule has 4 N–H and O–H groups in total. The fraction of sp³-hybridized carbons (Fsp3) is 0.809. The number of rotatable bonds is 38. The molecule has 1 fully saturated rings. The number of ether oxygens (including phenoxy) is 4. The predicted molar refractivity (Wildman–Crippen MR) is 228 cm³/mol. The Hall–Kier alpha value is -1.85. The van der Waals surface area contributed by atoms with Gasteiger partial charge in [0.15, 0.2) is 6.29 Å². The van der Waals surface area contributed by atoms with E-state index in [0.29, 0.717) is 13.0 Å². The lowest BCUT2D eigenvalue weighted by atomic mass is 9.99. The number of unbranched alkanes of at least 4 members (excludes halogenated alkanes) is 19. The molecular formula is C47H84O9. The number of hydrogen-bond donors (Lipinski definition) is 4. The zero-order chi connectivity index (χ0) is 40.7. The van der Waals surface area contributed by atoms with Crippen LogP contribution >= 0.6 is 0 Å². The topological polar surface area (TPSA) is 135 Å². The molecular weight excluding hydrogens is 709 g/mol. The van der Waals surface area contributed by atoms with E-state index in [0.717, 1.165) is 57.8 Å². The summed E-state index contributed by atoms with van der Waals surface area (Å²) in [7, 11) is 0. The fourth-order valence-corrected chi connectivity index (χ4v) is 6.72. The van der Waals surface area contributed by atoms with E-state index < -0.39 is 43.4 Å². The molecule has 1 rings (SSSR count). The Morgan fingerprint density at radius 2 is 1.09 bits per heavy atom. The van der Waals surface area contributed by atoms with Crippen molar-refractivity contribution < 1.29 is 44.2 Å². The molecule has 0 spiro atoms. The second-order valence-electron chi connectivity index (χ2n) is 15.5. The molecule has 1 heterocycles. The monoisotopic (exact) mass is 793 g/mol. The van der Waals surface area contributed by atoms with Crippen LogP contribution in [0.25, 0.3) is 0 Å². The Morgan fingerprint density at radius 3 is 1.64 bits per heavy atom. The van der Waals surface area contributed by atoms with Gasteiger partial charge in [0.2, 0.25) is 0 Å². The first-order valence-electron chi connectivity index (χ1n) is 22.7. The lowest BCUT2D eigenvalue weighted by molar-refractivity contribution is -0.305. The number of allylic oxidation sites excluding steroid dienone is 8. The van der Waals surface area contributed by atoms with Gasteiger partial charge in [0.25, 0.3) is 0 Å². The molecule has 1 aliphatic heterocycles. The van der Waals surface area contributed by atoms with Crippen LogP contribution in [-0.2, 0) is 23.7 Å². The fourth-order valence-electron chi connectivity index (χ4n) is 6.72. The molecule has 6 atom stereocenters. The molecule has 1 aliphatic rings. The van der Waals surface area contributed by atoms with Gasteiger partial charge >= 0.3 is 5.97 Å². The van der Waals surface area contributed by atoms with E-state index in [1.807, 2.05) is 0 Å². The summed E-state index contributed by atoms with van der Waals surface area (Å²) >= 11 is 0. The van der Waals surface area contributed by atoms with Crippen molar-refractivity contribution in [3.05, 3.63) is 48.6 Å². The van der Waals surface area contributed by atoms with Crippen LogP contribution in [0.4, 0.5) is 0 Å². The number of carbonyl (C=O) groups excluding carboxylic acids is 1. The molecule has 0 bridgehead atoms. The minimum Gasteiger partial charge on any atom is -0.457 e. The molecule has 0 aromatic rings. The number of aliphatic hydroxyl groups is 4. The van der Waals surface area contributed by atoms with Crippen LogP contribution in [0.1, 0.15) is 181 Å². The standard InChI is InChI=1S/C47H84O9/c1-3-5-7-9-11-13-14-15-16-17-18-19-20-21-22-23-24-25-26-27-28-29-30-32-34-36-43(49)55-41(39-53-37-35-33-31-12-10-8-6-4-2)40-54-47-46(52)45(51)44(50)42(38-48)56-47/h5,7,11,13,15-16,18-19,41-42,44-48,50-52H,3-4,6,8-10,12,14,17,20-40H2,1-2H3/b7-5-,13-11-,16-15-,19-18-. The maximum Gasteiger partial charge on any atom is 0.306 e. The Balaban J connectivity index is 2.15. The molecule has 0 amide bonds. The molecule has 6 unspecified atom stereocenters. The first-order chi connectivity index (χ1) is 27.4.